The Morgan fingerprint density at radius 2 is 1.80 bits per heavy atom. The lowest BCUT2D eigenvalue weighted by Crippen LogP contribution is -2.10. The first-order valence-corrected chi connectivity index (χ1v) is 6.27. The molecule has 2 aromatic rings. The van der Waals surface area contributed by atoms with E-state index in [1.54, 1.807) is 13.8 Å². The van der Waals surface area contributed by atoms with Crippen LogP contribution < -0.4 is 0 Å². The molecule has 0 aromatic heterocycles. The van der Waals surface area contributed by atoms with Crippen molar-refractivity contribution in [2.45, 2.75) is 20.0 Å². The van der Waals surface area contributed by atoms with Crippen molar-refractivity contribution in [1.29, 1.82) is 0 Å². The molecule has 0 bridgehead atoms. The maximum Gasteiger partial charge on any atom is 0.342 e. The van der Waals surface area contributed by atoms with Gasteiger partial charge in [-0.2, -0.15) is 0 Å². The predicted molar refractivity (Wildman–Crippen MR) is 74.8 cm³/mol. The van der Waals surface area contributed by atoms with Crippen molar-refractivity contribution >= 4 is 5.97 Å². The molecule has 0 fully saturated rings. The number of esters is 1. The Hall–Kier alpha value is -2.49. The van der Waals surface area contributed by atoms with Gasteiger partial charge in [-0.25, -0.2) is 4.79 Å². The molecule has 0 saturated carbocycles. The Kier molecular flexibility index (Phi) is 3.94. The third-order valence-electron chi connectivity index (χ3n) is 3.06. The molecule has 0 saturated heterocycles. The van der Waals surface area contributed by atoms with Crippen molar-refractivity contribution < 1.29 is 19.7 Å². The van der Waals surface area contributed by atoms with Gasteiger partial charge in [-0.05, 0) is 31.0 Å². The smallest absolute Gasteiger partial charge is 0.342 e. The minimum atomic E-state index is -0.614. The fourth-order valence-corrected chi connectivity index (χ4v) is 2.03. The normalized spacial score (nSPS) is 11.9. The van der Waals surface area contributed by atoms with Crippen LogP contribution in [-0.4, -0.2) is 16.2 Å². The van der Waals surface area contributed by atoms with Crippen LogP contribution in [0.3, 0.4) is 0 Å². The summed E-state index contributed by atoms with van der Waals surface area (Å²) in [6, 6.07) is 11.9. The number of phenols is 2. The number of ether oxygens (including phenoxy) is 1. The van der Waals surface area contributed by atoms with Crippen molar-refractivity contribution in [3.8, 4) is 11.5 Å². The van der Waals surface area contributed by atoms with Crippen LogP contribution in [0.15, 0.2) is 42.5 Å². The van der Waals surface area contributed by atoms with Crippen molar-refractivity contribution in [2.24, 2.45) is 0 Å². The second-order valence-electron chi connectivity index (χ2n) is 4.62. The minimum absolute atomic E-state index is 0.0746. The van der Waals surface area contributed by atoms with E-state index in [2.05, 4.69) is 0 Å². The molecule has 0 aliphatic rings. The topological polar surface area (TPSA) is 66.8 Å². The van der Waals surface area contributed by atoms with Gasteiger partial charge in [0.1, 0.15) is 23.2 Å². The van der Waals surface area contributed by atoms with Crippen LogP contribution in [0.4, 0.5) is 0 Å². The van der Waals surface area contributed by atoms with Crippen LogP contribution in [-0.2, 0) is 4.74 Å². The molecule has 1 unspecified atom stereocenters. The molecule has 0 radical (unpaired) electrons. The fraction of sp³-hybridized carbons (Fsp3) is 0.188. The van der Waals surface area contributed by atoms with Crippen LogP contribution in [0, 0.1) is 6.92 Å². The lowest BCUT2D eigenvalue weighted by molar-refractivity contribution is 0.0334. The summed E-state index contributed by atoms with van der Waals surface area (Å²) in [7, 11) is 0. The van der Waals surface area contributed by atoms with Crippen LogP contribution in [0.2, 0.25) is 0 Å². The Bertz CT molecular complexity index is 597. The van der Waals surface area contributed by atoms with E-state index in [4.69, 9.17) is 4.74 Å². The molecule has 104 valence electrons. The van der Waals surface area contributed by atoms with Crippen molar-refractivity contribution in [1.82, 2.24) is 0 Å². The number of carbonyl (C=O) groups excluding carboxylic acids is 1. The van der Waals surface area contributed by atoms with Crippen LogP contribution >= 0.6 is 0 Å². The number of benzene rings is 2. The van der Waals surface area contributed by atoms with Crippen molar-refractivity contribution in [3.05, 3.63) is 59.2 Å². The molecule has 1 atom stereocenters. The molecule has 0 amide bonds. The molecular formula is C16H16O4. The van der Waals surface area contributed by atoms with Crippen LogP contribution in [0.1, 0.15) is 34.5 Å². The molecule has 0 aliphatic carbocycles. The summed E-state index contributed by atoms with van der Waals surface area (Å²) in [5.74, 6) is -0.989. The largest absolute Gasteiger partial charge is 0.508 e. The Labute approximate surface area is 117 Å². The van der Waals surface area contributed by atoms with Gasteiger partial charge in [-0.1, -0.05) is 30.3 Å². The van der Waals surface area contributed by atoms with Crippen LogP contribution in [0.5, 0.6) is 11.5 Å². The van der Waals surface area contributed by atoms with Crippen molar-refractivity contribution in [3.63, 3.8) is 0 Å². The maximum absolute atomic E-state index is 12.1. The SMILES string of the molecule is Cc1cc(O)cc(O)c1C(=O)OC(C)c1ccccc1. The zero-order valence-corrected chi connectivity index (χ0v) is 11.3. The summed E-state index contributed by atoms with van der Waals surface area (Å²) in [6.07, 6.45) is -0.420. The van der Waals surface area contributed by atoms with Gasteiger partial charge in [0, 0.05) is 6.07 Å². The van der Waals surface area contributed by atoms with Gasteiger partial charge in [0.05, 0.1) is 0 Å². The zero-order chi connectivity index (χ0) is 14.7. The molecule has 2 aromatic carbocycles. The number of phenolic OH excluding ortho intramolecular Hbond substituents is 2. The maximum atomic E-state index is 12.1. The summed E-state index contributed by atoms with van der Waals surface area (Å²) in [5, 5.41) is 19.1. The summed E-state index contributed by atoms with van der Waals surface area (Å²) in [5.41, 5.74) is 1.41. The van der Waals surface area contributed by atoms with E-state index in [-0.39, 0.29) is 17.1 Å². The average molecular weight is 272 g/mol. The highest BCUT2D eigenvalue weighted by molar-refractivity contribution is 5.94. The first-order valence-electron chi connectivity index (χ1n) is 6.27. The van der Waals surface area contributed by atoms with Gasteiger partial charge in [-0.3, -0.25) is 0 Å². The quantitative estimate of drug-likeness (QED) is 0.841. The third kappa shape index (κ3) is 2.91. The minimum Gasteiger partial charge on any atom is -0.508 e. The number of hydrogen-bond donors (Lipinski definition) is 2. The van der Waals surface area contributed by atoms with Gasteiger partial charge in [0.15, 0.2) is 0 Å². The number of carbonyl (C=O) groups is 1. The molecule has 20 heavy (non-hydrogen) atoms. The second kappa shape index (κ2) is 5.65. The molecule has 2 rings (SSSR count). The summed E-state index contributed by atoms with van der Waals surface area (Å²) < 4.78 is 5.34. The summed E-state index contributed by atoms with van der Waals surface area (Å²) in [6.45, 7) is 3.39. The molecule has 2 N–H and O–H groups in total. The monoisotopic (exact) mass is 272 g/mol. The Balaban J connectivity index is 2.21. The van der Waals surface area contributed by atoms with E-state index in [0.717, 1.165) is 11.6 Å². The molecule has 0 aliphatic heterocycles. The zero-order valence-electron chi connectivity index (χ0n) is 11.3. The highest BCUT2D eigenvalue weighted by Gasteiger charge is 2.20. The Morgan fingerprint density at radius 3 is 2.40 bits per heavy atom. The number of rotatable bonds is 3. The molecular weight excluding hydrogens is 256 g/mol. The van der Waals surface area contributed by atoms with E-state index in [1.165, 1.54) is 6.07 Å². The first kappa shape index (κ1) is 13.9. The van der Waals surface area contributed by atoms with Gasteiger partial charge in [-0.15, -0.1) is 0 Å². The fourth-order valence-electron chi connectivity index (χ4n) is 2.03. The number of hydrogen-bond acceptors (Lipinski definition) is 4. The van der Waals surface area contributed by atoms with Crippen molar-refractivity contribution in [2.75, 3.05) is 0 Å². The van der Waals surface area contributed by atoms with Crippen LogP contribution in [0.25, 0.3) is 0 Å². The highest BCUT2D eigenvalue weighted by atomic mass is 16.5. The molecule has 0 heterocycles. The van der Waals surface area contributed by atoms with E-state index in [1.807, 2.05) is 30.3 Å². The number of aromatic hydroxyl groups is 2. The summed E-state index contributed by atoms with van der Waals surface area (Å²) in [4.78, 5) is 12.1. The number of aryl methyl sites for hydroxylation is 1. The second-order valence-corrected chi connectivity index (χ2v) is 4.62. The third-order valence-corrected chi connectivity index (χ3v) is 3.06. The first-order chi connectivity index (χ1) is 9.49. The van der Waals surface area contributed by atoms with Gasteiger partial charge >= 0.3 is 5.97 Å². The van der Waals surface area contributed by atoms with E-state index >= 15 is 0 Å². The van der Waals surface area contributed by atoms with E-state index < -0.39 is 12.1 Å². The molecule has 4 nitrogen and oxygen atoms in total. The highest BCUT2D eigenvalue weighted by Crippen LogP contribution is 2.29. The standard InChI is InChI=1S/C16H16O4/c1-10-8-13(17)9-14(18)15(10)16(19)20-11(2)12-6-4-3-5-7-12/h3-9,11,17-18H,1-2H3. The van der Waals surface area contributed by atoms with Gasteiger partial charge in [0.25, 0.3) is 0 Å². The van der Waals surface area contributed by atoms with Gasteiger partial charge < -0.3 is 14.9 Å². The summed E-state index contributed by atoms with van der Waals surface area (Å²) >= 11 is 0. The lowest BCUT2D eigenvalue weighted by atomic mass is 10.1. The molecule has 4 heteroatoms. The van der Waals surface area contributed by atoms with Gasteiger partial charge in [0.2, 0.25) is 0 Å². The lowest BCUT2D eigenvalue weighted by Gasteiger charge is -2.15. The molecule has 0 spiro atoms. The van der Waals surface area contributed by atoms with E-state index in [9.17, 15) is 15.0 Å². The predicted octanol–water partition coefficient (Wildman–Crippen LogP) is 3.32. The van der Waals surface area contributed by atoms with E-state index in [0.29, 0.717) is 5.56 Å². The average Bonchev–Trinajstić information content (AvgIpc) is 2.38. The Morgan fingerprint density at radius 1 is 1.15 bits per heavy atom.